The van der Waals surface area contributed by atoms with Gasteiger partial charge in [0.25, 0.3) is 0 Å². The molecular weight excluding hydrogens is 353 g/mol. The first kappa shape index (κ1) is 18.0. The molecule has 0 radical (unpaired) electrons. The standard InChI is InChI=1S/C14H23N3O.HI/c1-5-17(6-2)14(15)16-10-12-7-8-13(18-4)11(3)9-12;/h7-9H,5-6,10H2,1-4H3,(H2,15,16);1H. The predicted octanol–water partition coefficient (Wildman–Crippen LogP) is 2.78. The highest BCUT2D eigenvalue weighted by Crippen LogP contribution is 2.18. The molecule has 1 aromatic carbocycles. The zero-order chi connectivity index (χ0) is 13.5. The van der Waals surface area contributed by atoms with Gasteiger partial charge < -0.3 is 15.4 Å². The van der Waals surface area contributed by atoms with E-state index in [0.717, 1.165) is 30.0 Å². The van der Waals surface area contributed by atoms with E-state index in [1.807, 2.05) is 24.0 Å². The smallest absolute Gasteiger partial charge is 0.191 e. The molecule has 0 aliphatic heterocycles. The van der Waals surface area contributed by atoms with Gasteiger partial charge in [0.05, 0.1) is 13.7 Å². The Morgan fingerprint density at radius 2 is 1.95 bits per heavy atom. The highest BCUT2D eigenvalue weighted by Gasteiger charge is 2.03. The third kappa shape index (κ3) is 5.26. The van der Waals surface area contributed by atoms with Crippen LogP contribution in [0.15, 0.2) is 23.2 Å². The van der Waals surface area contributed by atoms with E-state index in [0.29, 0.717) is 12.5 Å². The average Bonchev–Trinajstić information content (AvgIpc) is 2.38. The van der Waals surface area contributed by atoms with Crippen LogP contribution in [-0.2, 0) is 6.54 Å². The van der Waals surface area contributed by atoms with Crippen LogP contribution < -0.4 is 10.5 Å². The minimum atomic E-state index is 0. The molecule has 0 fully saturated rings. The van der Waals surface area contributed by atoms with Gasteiger partial charge in [-0.2, -0.15) is 0 Å². The van der Waals surface area contributed by atoms with Gasteiger partial charge in [-0.1, -0.05) is 12.1 Å². The maximum Gasteiger partial charge on any atom is 0.191 e. The summed E-state index contributed by atoms with van der Waals surface area (Å²) in [5, 5.41) is 0. The zero-order valence-electron chi connectivity index (χ0n) is 12.1. The molecule has 5 heteroatoms. The van der Waals surface area contributed by atoms with Gasteiger partial charge in [-0.25, -0.2) is 4.99 Å². The lowest BCUT2D eigenvalue weighted by Gasteiger charge is -2.19. The van der Waals surface area contributed by atoms with Gasteiger partial charge in [0.2, 0.25) is 0 Å². The maximum absolute atomic E-state index is 5.93. The van der Waals surface area contributed by atoms with Crippen molar-refractivity contribution in [1.29, 1.82) is 0 Å². The summed E-state index contributed by atoms with van der Waals surface area (Å²) in [6.45, 7) is 8.54. The second kappa shape index (κ2) is 9.01. The number of nitrogens with two attached hydrogens (primary N) is 1. The molecule has 0 atom stereocenters. The van der Waals surface area contributed by atoms with E-state index < -0.39 is 0 Å². The molecule has 108 valence electrons. The Morgan fingerprint density at radius 1 is 1.32 bits per heavy atom. The summed E-state index contributed by atoms with van der Waals surface area (Å²) in [7, 11) is 1.68. The van der Waals surface area contributed by atoms with Crippen molar-refractivity contribution in [2.75, 3.05) is 20.2 Å². The topological polar surface area (TPSA) is 50.8 Å². The molecule has 4 nitrogen and oxygen atoms in total. The Balaban J connectivity index is 0.00000324. The number of rotatable bonds is 5. The maximum atomic E-state index is 5.93. The molecule has 0 aromatic heterocycles. The fraction of sp³-hybridized carbons (Fsp3) is 0.500. The molecular formula is C14H24IN3O. The number of halogens is 1. The fourth-order valence-corrected chi connectivity index (χ4v) is 1.86. The lowest BCUT2D eigenvalue weighted by atomic mass is 10.1. The lowest BCUT2D eigenvalue weighted by molar-refractivity contribution is 0.411. The number of nitrogens with zero attached hydrogens (tertiary/aromatic N) is 2. The van der Waals surface area contributed by atoms with Crippen molar-refractivity contribution in [1.82, 2.24) is 4.90 Å². The van der Waals surface area contributed by atoms with Gasteiger partial charge in [0.1, 0.15) is 5.75 Å². The van der Waals surface area contributed by atoms with Crippen LogP contribution in [0.5, 0.6) is 5.75 Å². The molecule has 0 saturated heterocycles. The molecule has 0 bridgehead atoms. The summed E-state index contributed by atoms with van der Waals surface area (Å²) >= 11 is 0. The van der Waals surface area contributed by atoms with E-state index >= 15 is 0 Å². The number of aliphatic imine (C=N–C) groups is 1. The summed E-state index contributed by atoms with van der Waals surface area (Å²) in [4.78, 5) is 6.45. The number of benzene rings is 1. The molecule has 0 amide bonds. The van der Waals surface area contributed by atoms with Crippen molar-refractivity contribution in [2.45, 2.75) is 27.3 Å². The molecule has 1 rings (SSSR count). The number of ether oxygens (including phenoxy) is 1. The van der Waals surface area contributed by atoms with Gasteiger partial charge in [-0.05, 0) is 38.0 Å². The Bertz CT molecular complexity index is 417. The highest BCUT2D eigenvalue weighted by molar-refractivity contribution is 14.0. The van der Waals surface area contributed by atoms with Crippen molar-refractivity contribution in [3.63, 3.8) is 0 Å². The molecule has 0 heterocycles. The normalized spacial score (nSPS) is 10.8. The second-order valence-corrected chi connectivity index (χ2v) is 4.15. The summed E-state index contributed by atoms with van der Waals surface area (Å²) in [6, 6.07) is 6.07. The van der Waals surface area contributed by atoms with Gasteiger partial charge >= 0.3 is 0 Å². The molecule has 0 spiro atoms. The lowest BCUT2D eigenvalue weighted by Crippen LogP contribution is -2.37. The predicted molar refractivity (Wildman–Crippen MR) is 91.4 cm³/mol. The monoisotopic (exact) mass is 377 g/mol. The first-order chi connectivity index (χ1) is 8.62. The number of aryl methyl sites for hydroxylation is 1. The largest absolute Gasteiger partial charge is 0.496 e. The van der Waals surface area contributed by atoms with E-state index in [4.69, 9.17) is 10.5 Å². The minimum Gasteiger partial charge on any atom is -0.496 e. The van der Waals surface area contributed by atoms with Crippen LogP contribution in [0.3, 0.4) is 0 Å². The van der Waals surface area contributed by atoms with Crippen molar-refractivity contribution in [3.05, 3.63) is 29.3 Å². The van der Waals surface area contributed by atoms with Crippen molar-refractivity contribution >= 4 is 29.9 Å². The van der Waals surface area contributed by atoms with Crippen LogP contribution in [0.2, 0.25) is 0 Å². The van der Waals surface area contributed by atoms with Gasteiger partial charge in [-0.3, -0.25) is 0 Å². The van der Waals surface area contributed by atoms with Gasteiger partial charge in [0.15, 0.2) is 5.96 Å². The summed E-state index contributed by atoms with van der Waals surface area (Å²) in [5.74, 6) is 1.51. The number of hydrogen-bond acceptors (Lipinski definition) is 2. The van der Waals surface area contributed by atoms with Gasteiger partial charge in [0, 0.05) is 13.1 Å². The second-order valence-electron chi connectivity index (χ2n) is 4.15. The van der Waals surface area contributed by atoms with Crippen LogP contribution in [-0.4, -0.2) is 31.1 Å². The molecule has 0 saturated carbocycles. The van der Waals surface area contributed by atoms with Crippen LogP contribution in [0.25, 0.3) is 0 Å². The molecule has 0 aliphatic rings. The Labute approximate surface area is 133 Å². The fourth-order valence-electron chi connectivity index (χ4n) is 1.86. The Morgan fingerprint density at radius 3 is 2.42 bits per heavy atom. The van der Waals surface area contributed by atoms with Crippen molar-refractivity contribution in [2.24, 2.45) is 10.7 Å². The highest BCUT2D eigenvalue weighted by atomic mass is 127. The third-order valence-corrected chi connectivity index (χ3v) is 2.97. The number of hydrogen-bond donors (Lipinski definition) is 1. The summed E-state index contributed by atoms with van der Waals surface area (Å²) < 4.78 is 5.23. The van der Waals surface area contributed by atoms with E-state index in [2.05, 4.69) is 24.9 Å². The Kier molecular flexibility index (Phi) is 8.54. The SMILES string of the molecule is CCN(CC)C(N)=NCc1ccc(OC)c(C)c1.I. The third-order valence-electron chi connectivity index (χ3n) is 2.97. The van der Waals surface area contributed by atoms with Gasteiger partial charge in [-0.15, -0.1) is 24.0 Å². The minimum absolute atomic E-state index is 0. The molecule has 0 aliphatic carbocycles. The van der Waals surface area contributed by atoms with E-state index in [-0.39, 0.29) is 24.0 Å². The van der Waals surface area contributed by atoms with E-state index in [1.165, 1.54) is 0 Å². The number of guanidine groups is 1. The van der Waals surface area contributed by atoms with Crippen molar-refractivity contribution in [3.8, 4) is 5.75 Å². The summed E-state index contributed by atoms with van der Waals surface area (Å²) in [6.07, 6.45) is 0. The first-order valence-electron chi connectivity index (χ1n) is 6.30. The van der Waals surface area contributed by atoms with Crippen LogP contribution in [0, 0.1) is 6.92 Å². The average molecular weight is 377 g/mol. The van der Waals surface area contributed by atoms with Crippen LogP contribution in [0.1, 0.15) is 25.0 Å². The quantitative estimate of drug-likeness (QED) is 0.488. The summed E-state index contributed by atoms with van der Waals surface area (Å²) in [5.41, 5.74) is 8.19. The zero-order valence-corrected chi connectivity index (χ0v) is 14.5. The Hall–Kier alpha value is -0.980. The molecule has 19 heavy (non-hydrogen) atoms. The van der Waals surface area contributed by atoms with E-state index in [9.17, 15) is 0 Å². The van der Waals surface area contributed by atoms with Crippen LogP contribution in [0.4, 0.5) is 0 Å². The van der Waals surface area contributed by atoms with Crippen molar-refractivity contribution < 1.29 is 4.74 Å². The first-order valence-corrected chi connectivity index (χ1v) is 6.30. The van der Waals surface area contributed by atoms with E-state index in [1.54, 1.807) is 7.11 Å². The molecule has 1 aromatic rings. The van der Waals surface area contributed by atoms with Crippen LogP contribution >= 0.6 is 24.0 Å². The number of methoxy groups -OCH3 is 1. The molecule has 0 unspecified atom stereocenters. The molecule has 2 N–H and O–H groups in total.